The highest BCUT2D eigenvalue weighted by atomic mass is 16.5. The second-order valence-corrected chi connectivity index (χ2v) is 8.58. The highest BCUT2D eigenvalue weighted by molar-refractivity contribution is 6.00. The summed E-state index contributed by atoms with van der Waals surface area (Å²) in [7, 11) is 3.28. The Labute approximate surface area is 194 Å². The van der Waals surface area contributed by atoms with Crippen LogP contribution in [0.15, 0.2) is 48.5 Å². The highest BCUT2D eigenvalue weighted by Crippen LogP contribution is 2.43. The van der Waals surface area contributed by atoms with Gasteiger partial charge in [-0.05, 0) is 54.3 Å². The first-order valence-corrected chi connectivity index (χ1v) is 11.3. The lowest BCUT2D eigenvalue weighted by atomic mass is 9.96. The number of methoxy groups -OCH3 is 2. The zero-order chi connectivity index (χ0) is 23.4. The predicted molar refractivity (Wildman–Crippen MR) is 127 cm³/mol. The molecule has 2 aromatic carbocycles. The van der Waals surface area contributed by atoms with E-state index in [1.807, 2.05) is 53.4 Å². The minimum absolute atomic E-state index is 0.0726. The van der Waals surface area contributed by atoms with Crippen LogP contribution in [0.25, 0.3) is 11.3 Å². The molecule has 1 amide bonds. The molecule has 0 fully saturated rings. The fraction of sp³-hybridized carbons (Fsp3) is 0.385. The summed E-state index contributed by atoms with van der Waals surface area (Å²) in [5, 5.41) is 7.49. The third-order valence-corrected chi connectivity index (χ3v) is 5.92. The summed E-state index contributed by atoms with van der Waals surface area (Å²) in [4.78, 5) is 15.1. The lowest BCUT2D eigenvalue weighted by Gasteiger charge is -2.26. The Hall–Kier alpha value is -3.32. The number of aromatic amines is 1. The second-order valence-electron chi connectivity index (χ2n) is 8.58. The van der Waals surface area contributed by atoms with Crippen LogP contribution in [0.4, 0.5) is 0 Å². The number of nitrogens with zero attached hydrogens (tertiary/aromatic N) is 2. The fourth-order valence-electron chi connectivity index (χ4n) is 4.09. The Morgan fingerprint density at radius 1 is 1.00 bits per heavy atom. The van der Waals surface area contributed by atoms with E-state index in [0.29, 0.717) is 31.4 Å². The minimum atomic E-state index is -0.261. The van der Waals surface area contributed by atoms with Gasteiger partial charge in [0.2, 0.25) is 0 Å². The minimum Gasteiger partial charge on any atom is -0.497 e. The molecule has 7 nitrogen and oxygen atoms in total. The number of carbonyl (C=O) groups excluding carboxylic acids is 1. The summed E-state index contributed by atoms with van der Waals surface area (Å²) in [6.07, 6.45) is 1.01. The van der Waals surface area contributed by atoms with E-state index in [9.17, 15) is 4.79 Å². The molecule has 174 valence electrons. The van der Waals surface area contributed by atoms with E-state index >= 15 is 0 Å². The van der Waals surface area contributed by atoms with Gasteiger partial charge in [0, 0.05) is 24.8 Å². The Balaban J connectivity index is 1.68. The quantitative estimate of drug-likeness (QED) is 0.485. The van der Waals surface area contributed by atoms with Crippen molar-refractivity contribution in [1.82, 2.24) is 15.1 Å². The molecule has 0 saturated heterocycles. The Kier molecular flexibility index (Phi) is 6.99. The Bertz CT molecular complexity index is 1070. The number of nitrogens with one attached hydrogen (secondary N) is 1. The van der Waals surface area contributed by atoms with Crippen molar-refractivity contribution in [1.29, 1.82) is 0 Å². The molecule has 1 aromatic heterocycles. The van der Waals surface area contributed by atoms with Crippen LogP contribution in [-0.4, -0.2) is 55.0 Å². The van der Waals surface area contributed by atoms with E-state index in [1.54, 1.807) is 14.2 Å². The summed E-state index contributed by atoms with van der Waals surface area (Å²) in [6, 6.07) is 15.5. The summed E-state index contributed by atoms with van der Waals surface area (Å²) in [5.41, 5.74) is 4.11. The first-order valence-electron chi connectivity index (χ1n) is 11.3. The van der Waals surface area contributed by atoms with Crippen molar-refractivity contribution < 1.29 is 19.0 Å². The predicted octanol–water partition coefficient (Wildman–Crippen LogP) is 4.70. The van der Waals surface area contributed by atoms with Gasteiger partial charge in [0.1, 0.15) is 17.2 Å². The van der Waals surface area contributed by atoms with Gasteiger partial charge < -0.3 is 19.1 Å². The zero-order valence-electron chi connectivity index (χ0n) is 19.6. The van der Waals surface area contributed by atoms with E-state index in [2.05, 4.69) is 24.0 Å². The standard InChI is InChI=1S/C26H31N3O4/c1-17(2)13-15-33-21-11-7-19(8-12-21)25-22-23(18-5-9-20(32-4)10-6-18)27-28-24(22)26(30)29(25)14-16-31-3/h5-12,17,25H,13-16H2,1-4H3,(H,27,28). The van der Waals surface area contributed by atoms with Gasteiger partial charge in [0.25, 0.3) is 5.91 Å². The van der Waals surface area contributed by atoms with Crippen molar-refractivity contribution >= 4 is 5.91 Å². The van der Waals surface area contributed by atoms with E-state index in [1.165, 1.54) is 0 Å². The van der Waals surface area contributed by atoms with Crippen LogP contribution in [0.1, 0.15) is 47.9 Å². The van der Waals surface area contributed by atoms with Gasteiger partial charge in [-0.3, -0.25) is 9.89 Å². The van der Waals surface area contributed by atoms with Crippen molar-refractivity contribution in [2.24, 2.45) is 5.92 Å². The fourth-order valence-corrected chi connectivity index (χ4v) is 4.09. The number of ether oxygens (including phenoxy) is 3. The van der Waals surface area contributed by atoms with Gasteiger partial charge in [-0.15, -0.1) is 0 Å². The van der Waals surface area contributed by atoms with Crippen LogP contribution in [0.5, 0.6) is 11.5 Å². The lowest BCUT2D eigenvalue weighted by molar-refractivity contribution is 0.0677. The van der Waals surface area contributed by atoms with Crippen LogP contribution < -0.4 is 9.47 Å². The van der Waals surface area contributed by atoms with Crippen molar-refractivity contribution in [2.75, 3.05) is 34.0 Å². The lowest BCUT2D eigenvalue weighted by Crippen LogP contribution is -2.32. The van der Waals surface area contributed by atoms with Crippen LogP contribution in [-0.2, 0) is 4.74 Å². The first kappa shape index (κ1) is 22.9. The number of amides is 1. The van der Waals surface area contributed by atoms with Crippen LogP contribution >= 0.6 is 0 Å². The number of H-pyrrole nitrogens is 1. The van der Waals surface area contributed by atoms with Gasteiger partial charge in [0.15, 0.2) is 0 Å². The van der Waals surface area contributed by atoms with E-state index in [-0.39, 0.29) is 11.9 Å². The van der Waals surface area contributed by atoms with Crippen LogP contribution in [0, 0.1) is 5.92 Å². The topological polar surface area (TPSA) is 76.7 Å². The summed E-state index contributed by atoms with van der Waals surface area (Å²) < 4.78 is 16.5. The van der Waals surface area contributed by atoms with Crippen LogP contribution in [0.2, 0.25) is 0 Å². The number of fused-ring (bicyclic) bond motifs is 1. The largest absolute Gasteiger partial charge is 0.497 e. The van der Waals surface area contributed by atoms with E-state index in [4.69, 9.17) is 14.2 Å². The van der Waals surface area contributed by atoms with Crippen molar-refractivity contribution in [2.45, 2.75) is 26.3 Å². The van der Waals surface area contributed by atoms with E-state index in [0.717, 1.165) is 40.3 Å². The van der Waals surface area contributed by atoms with Gasteiger partial charge in [-0.25, -0.2) is 0 Å². The maximum Gasteiger partial charge on any atom is 0.273 e. The molecule has 3 aromatic rings. The molecule has 1 aliphatic rings. The van der Waals surface area contributed by atoms with Crippen molar-refractivity contribution in [3.8, 4) is 22.8 Å². The normalized spacial score (nSPS) is 15.2. The average molecular weight is 450 g/mol. The molecular weight excluding hydrogens is 418 g/mol. The second kappa shape index (κ2) is 10.1. The zero-order valence-corrected chi connectivity index (χ0v) is 19.6. The number of rotatable bonds is 10. The smallest absolute Gasteiger partial charge is 0.273 e. The third-order valence-electron chi connectivity index (χ3n) is 5.92. The average Bonchev–Trinajstić information content (AvgIpc) is 3.37. The van der Waals surface area contributed by atoms with E-state index < -0.39 is 0 Å². The SMILES string of the molecule is COCCN1C(=O)c2[nH]nc(-c3ccc(OC)cc3)c2C1c1ccc(OCCC(C)C)cc1. The Morgan fingerprint density at radius 2 is 1.70 bits per heavy atom. The molecule has 7 heteroatoms. The Morgan fingerprint density at radius 3 is 2.33 bits per heavy atom. The highest BCUT2D eigenvalue weighted by Gasteiger charge is 2.41. The molecule has 0 saturated carbocycles. The van der Waals surface area contributed by atoms with Gasteiger partial charge in [-0.1, -0.05) is 26.0 Å². The maximum atomic E-state index is 13.3. The molecule has 0 aliphatic carbocycles. The number of benzene rings is 2. The molecule has 1 atom stereocenters. The molecule has 4 rings (SSSR count). The van der Waals surface area contributed by atoms with Crippen molar-refractivity contribution in [3.05, 3.63) is 65.4 Å². The molecule has 0 spiro atoms. The molecule has 1 unspecified atom stereocenters. The molecule has 1 aliphatic heterocycles. The molecular formula is C26H31N3O4. The summed E-state index contributed by atoms with van der Waals surface area (Å²) >= 11 is 0. The maximum absolute atomic E-state index is 13.3. The van der Waals surface area contributed by atoms with Gasteiger partial charge >= 0.3 is 0 Å². The monoisotopic (exact) mass is 449 g/mol. The third kappa shape index (κ3) is 4.73. The van der Waals surface area contributed by atoms with Crippen molar-refractivity contribution in [3.63, 3.8) is 0 Å². The summed E-state index contributed by atoms with van der Waals surface area (Å²) in [6.45, 7) is 5.99. The molecule has 2 heterocycles. The number of hydrogen-bond donors (Lipinski definition) is 1. The molecule has 0 bridgehead atoms. The van der Waals surface area contributed by atoms with Crippen LogP contribution in [0.3, 0.4) is 0 Å². The molecule has 33 heavy (non-hydrogen) atoms. The molecule has 1 N–H and O–H groups in total. The van der Waals surface area contributed by atoms with Gasteiger partial charge in [-0.2, -0.15) is 5.10 Å². The van der Waals surface area contributed by atoms with Gasteiger partial charge in [0.05, 0.1) is 32.1 Å². The number of carbonyl (C=O) groups is 1. The number of aromatic nitrogens is 2. The number of hydrogen-bond acceptors (Lipinski definition) is 5. The molecule has 0 radical (unpaired) electrons. The summed E-state index contributed by atoms with van der Waals surface area (Å²) in [5.74, 6) is 2.12. The first-order chi connectivity index (χ1) is 16.0.